The van der Waals surface area contributed by atoms with Crippen molar-refractivity contribution in [1.29, 1.82) is 0 Å². The molecule has 0 fully saturated rings. The number of fused-ring (bicyclic) bond motifs is 1. The molecule has 3 N–H and O–H groups in total. The van der Waals surface area contributed by atoms with Gasteiger partial charge in [0.05, 0.1) is 5.52 Å². The molecule has 0 aliphatic rings. The summed E-state index contributed by atoms with van der Waals surface area (Å²) in [6, 6.07) is 1.85. The average molecular weight is 178 g/mol. The van der Waals surface area contributed by atoms with Crippen LogP contribution in [0.1, 0.15) is 5.69 Å². The van der Waals surface area contributed by atoms with Crippen LogP contribution in [0.3, 0.4) is 0 Å². The Kier molecular flexibility index (Phi) is 1.42. The Morgan fingerprint density at radius 1 is 1.62 bits per heavy atom. The van der Waals surface area contributed by atoms with Crippen molar-refractivity contribution in [2.24, 2.45) is 7.05 Å². The first-order chi connectivity index (χ1) is 6.11. The Bertz CT molecular complexity index is 523. The van der Waals surface area contributed by atoms with Crippen molar-refractivity contribution in [1.82, 2.24) is 14.8 Å². The van der Waals surface area contributed by atoms with Crippen LogP contribution in [0.15, 0.2) is 10.9 Å². The third-order valence-corrected chi connectivity index (χ3v) is 2.22. The van der Waals surface area contributed by atoms with Crippen molar-refractivity contribution in [3.8, 4) is 0 Å². The standard InChI is InChI=1S/C8H10N4O/c1-4-3-5-6(7(9)11-10-5)8(13)12(4)2/h3H,1-2H3,(H3,9,10,11). The van der Waals surface area contributed by atoms with Gasteiger partial charge >= 0.3 is 0 Å². The molecule has 0 atom stereocenters. The fourth-order valence-electron chi connectivity index (χ4n) is 1.33. The van der Waals surface area contributed by atoms with E-state index in [-0.39, 0.29) is 11.4 Å². The molecule has 2 aromatic rings. The molecule has 0 aromatic carbocycles. The van der Waals surface area contributed by atoms with Gasteiger partial charge in [0.15, 0.2) is 5.82 Å². The maximum absolute atomic E-state index is 11.7. The second-order valence-corrected chi connectivity index (χ2v) is 3.05. The van der Waals surface area contributed by atoms with E-state index < -0.39 is 0 Å². The summed E-state index contributed by atoms with van der Waals surface area (Å²) < 4.78 is 1.55. The molecule has 0 saturated heterocycles. The molecule has 0 bridgehead atoms. The quantitative estimate of drug-likeness (QED) is 0.603. The second kappa shape index (κ2) is 2.35. The highest BCUT2D eigenvalue weighted by molar-refractivity contribution is 5.87. The lowest BCUT2D eigenvalue weighted by Crippen LogP contribution is -2.18. The lowest BCUT2D eigenvalue weighted by atomic mass is 10.2. The van der Waals surface area contributed by atoms with Crippen LogP contribution in [0.5, 0.6) is 0 Å². The van der Waals surface area contributed by atoms with E-state index in [0.717, 1.165) is 5.69 Å². The van der Waals surface area contributed by atoms with Gasteiger partial charge in [0.25, 0.3) is 5.56 Å². The van der Waals surface area contributed by atoms with E-state index in [1.165, 1.54) is 0 Å². The van der Waals surface area contributed by atoms with Crippen molar-refractivity contribution in [3.63, 3.8) is 0 Å². The zero-order valence-electron chi connectivity index (χ0n) is 7.46. The fourth-order valence-corrected chi connectivity index (χ4v) is 1.33. The number of hydrogen-bond donors (Lipinski definition) is 2. The number of nitrogens with one attached hydrogen (secondary N) is 1. The van der Waals surface area contributed by atoms with E-state index in [0.29, 0.717) is 10.9 Å². The first-order valence-electron chi connectivity index (χ1n) is 3.91. The molecule has 5 nitrogen and oxygen atoms in total. The van der Waals surface area contributed by atoms with Gasteiger partial charge in [0.1, 0.15) is 5.39 Å². The van der Waals surface area contributed by atoms with E-state index in [2.05, 4.69) is 10.2 Å². The number of aromatic amines is 1. The Labute approximate surface area is 74.2 Å². The fraction of sp³-hybridized carbons (Fsp3) is 0.250. The van der Waals surface area contributed by atoms with Gasteiger partial charge in [-0.15, -0.1) is 0 Å². The number of aryl methyl sites for hydroxylation is 1. The van der Waals surface area contributed by atoms with Gasteiger partial charge in [0, 0.05) is 12.7 Å². The van der Waals surface area contributed by atoms with Gasteiger partial charge in [0.2, 0.25) is 0 Å². The molecule has 0 spiro atoms. The summed E-state index contributed by atoms with van der Waals surface area (Å²) in [6.45, 7) is 1.86. The topological polar surface area (TPSA) is 76.7 Å². The minimum absolute atomic E-state index is 0.110. The number of pyridine rings is 1. The molecule has 68 valence electrons. The number of nitrogens with two attached hydrogens (primary N) is 1. The zero-order chi connectivity index (χ0) is 9.59. The van der Waals surface area contributed by atoms with Crippen LogP contribution in [-0.4, -0.2) is 14.8 Å². The van der Waals surface area contributed by atoms with Crippen molar-refractivity contribution in [2.45, 2.75) is 6.92 Å². The molecule has 0 aliphatic carbocycles. The normalized spacial score (nSPS) is 10.9. The van der Waals surface area contributed by atoms with E-state index in [1.807, 2.05) is 13.0 Å². The Balaban J connectivity index is 3.06. The monoisotopic (exact) mass is 178 g/mol. The SMILES string of the molecule is Cc1cc2[nH]nc(N)c2c(=O)n1C. The summed E-state index contributed by atoms with van der Waals surface area (Å²) in [4.78, 5) is 11.7. The zero-order valence-corrected chi connectivity index (χ0v) is 7.46. The summed E-state index contributed by atoms with van der Waals surface area (Å²) in [6.07, 6.45) is 0. The number of aromatic nitrogens is 3. The van der Waals surface area contributed by atoms with E-state index >= 15 is 0 Å². The second-order valence-electron chi connectivity index (χ2n) is 3.05. The molecule has 2 heterocycles. The van der Waals surface area contributed by atoms with Crippen molar-refractivity contribution in [3.05, 3.63) is 22.1 Å². The predicted octanol–water partition coefficient (Wildman–Crippen LogP) is 0.152. The molecule has 0 saturated carbocycles. The number of nitrogen functional groups attached to an aromatic ring is 1. The van der Waals surface area contributed by atoms with Crippen molar-refractivity contribution < 1.29 is 0 Å². The van der Waals surface area contributed by atoms with Gasteiger partial charge in [-0.25, -0.2) is 0 Å². The number of anilines is 1. The summed E-state index contributed by atoms with van der Waals surface area (Å²) >= 11 is 0. The van der Waals surface area contributed by atoms with Gasteiger partial charge < -0.3 is 10.3 Å². The van der Waals surface area contributed by atoms with Gasteiger partial charge in [-0.1, -0.05) is 0 Å². The van der Waals surface area contributed by atoms with E-state index in [1.54, 1.807) is 11.6 Å². The van der Waals surface area contributed by atoms with Crippen LogP contribution in [0.25, 0.3) is 10.9 Å². The van der Waals surface area contributed by atoms with Crippen LogP contribution < -0.4 is 11.3 Å². The molecule has 0 radical (unpaired) electrons. The highest BCUT2D eigenvalue weighted by Gasteiger charge is 2.08. The Morgan fingerprint density at radius 2 is 2.31 bits per heavy atom. The minimum Gasteiger partial charge on any atom is -0.382 e. The molecule has 0 aliphatic heterocycles. The van der Waals surface area contributed by atoms with Crippen LogP contribution in [0.4, 0.5) is 5.82 Å². The largest absolute Gasteiger partial charge is 0.382 e. The van der Waals surface area contributed by atoms with Gasteiger partial charge in [-0.05, 0) is 13.0 Å². The van der Waals surface area contributed by atoms with Crippen molar-refractivity contribution in [2.75, 3.05) is 5.73 Å². The van der Waals surface area contributed by atoms with E-state index in [4.69, 9.17) is 5.73 Å². The average Bonchev–Trinajstić information content (AvgIpc) is 2.43. The molecular formula is C8H10N4O. The minimum atomic E-state index is -0.110. The van der Waals surface area contributed by atoms with Crippen LogP contribution in [0, 0.1) is 6.92 Å². The lowest BCUT2D eigenvalue weighted by Gasteiger charge is -2.01. The first kappa shape index (κ1) is 7.85. The third-order valence-electron chi connectivity index (χ3n) is 2.22. The molecule has 2 rings (SSSR count). The molecule has 0 amide bonds. The predicted molar refractivity (Wildman–Crippen MR) is 50.5 cm³/mol. The van der Waals surface area contributed by atoms with E-state index in [9.17, 15) is 4.79 Å². The lowest BCUT2D eigenvalue weighted by molar-refractivity contribution is 0.830. The number of rotatable bonds is 0. The summed E-state index contributed by atoms with van der Waals surface area (Å²) in [5.74, 6) is 0.260. The highest BCUT2D eigenvalue weighted by atomic mass is 16.1. The Hall–Kier alpha value is -1.78. The number of nitrogens with zero attached hydrogens (tertiary/aromatic N) is 2. The molecular weight excluding hydrogens is 168 g/mol. The highest BCUT2D eigenvalue weighted by Crippen LogP contribution is 2.13. The molecule has 0 unspecified atom stereocenters. The van der Waals surface area contributed by atoms with Crippen LogP contribution in [0.2, 0.25) is 0 Å². The summed E-state index contributed by atoms with van der Waals surface area (Å²) in [7, 11) is 1.71. The summed E-state index contributed by atoms with van der Waals surface area (Å²) in [5.41, 5.74) is 7.00. The van der Waals surface area contributed by atoms with Crippen LogP contribution in [-0.2, 0) is 7.05 Å². The molecule has 13 heavy (non-hydrogen) atoms. The molecule has 2 aromatic heterocycles. The van der Waals surface area contributed by atoms with Gasteiger partial charge in [-0.3, -0.25) is 9.89 Å². The Morgan fingerprint density at radius 3 is 3.00 bits per heavy atom. The maximum Gasteiger partial charge on any atom is 0.263 e. The smallest absolute Gasteiger partial charge is 0.263 e. The van der Waals surface area contributed by atoms with Crippen LogP contribution >= 0.6 is 0 Å². The van der Waals surface area contributed by atoms with Gasteiger partial charge in [-0.2, -0.15) is 5.10 Å². The maximum atomic E-state index is 11.7. The first-order valence-corrected chi connectivity index (χ1v) is 3.91. The van der Waals surface area contributed by atoms with Crippen molar-refractivity contribution >= 4 is 16.7 Å². The summed E-state index contributed by atoms with van der Waals surface area (Å²) in [5, 5.41) is 6.95. The third kappa shape index (κ3) is 0.932. The number of H-pyrrole nitrogens is 1. The number of hydrogen-bond acceptors (Lipinski definition) is 3. The molecule has 5 heteroatoms.